The Hall–Kier alpha value is -3.46. The summed E-state index contributed by atoms with van der Waals surface area (Å²) in [4.78, 5) is 40.5. The Balaban J connectivity index is 1.59. The van der Waals surface area contributed by atoms with Crippen molar-refractivity contribution in [1.82, 2.24) is 4.98 Å². The number of nitrogens with one attached hydrogen (secondary N) is 1. The van der Waals surface area contributed by atoms with Gasteiger partial charge in [-0.1, -0.05) is 0 Å². The van der Waals surface area contributed by atoms with Crippen LogP contribution in [0.15, 0.2) is 37.4 Å². The first kappa shape index (κ1) is 19.8. The molecule has 0 saturated carbocycles. The lowest BCUT2D eigenvalue weighted by atomic mass is 10.0. The number of fused-ring (bicyclic) bond motifs is 2. The molecule has 8 nitrogen and oxygen atoms in total. The van der Waals surface area contributed by atoms with Crippen molar-refractivity contribution in [3.8, 4) is 0 Å². The van der Waals surface area contributed by atoms with Crippen LogP contribution in [0.5, 0.6) is 0 Å². The molecule has 0 aliphatic rings. The predicted molar refractivity (Wildman–Crippen MR) is 112 cm³/mol. The van der Waals surface area contributed by atoms with E-state index in [4.69, 9.17) is 8.83 Å². The molecule has 0 radical (unpaired) electrons. The molecule has 9 heteroatoms. The van der Waals surface area contributed by atoms with E-state index in [1.54, 1.807) is 24.6 Å². The molecule has 1 amide bonds. The van der Waals surface area contributed by atoms with Crippen LogP contribution >= 0.6 is 11.3 Å². The minimum absolute atomic E-state index is 0.0259. The number of carbonyl (C=O) groups excluding carboxylic acids is 2. The number of methoxy groups -OCH3 is 1. The molecule has 0 aliphatic heterocycles. The van der Waals surface area contributed by atoms with Crippen LogP contribution in [0.25, 0.3) is 21.9 Å². The van der Waals surface area contributed by atoms with Gasteiger partial charge < -0.3 is 18.9 Å². The van der Waals surface area contributed by atoms with Gasteiger partial charge in [-0.15, -0.1) is 11.3 Å². The molecule has 0 bridgehead atoms. The van der Waals surface area contributed by atoms with Gasteiger partial charge in [0.1, 0.15) is 11.2 Å². The minimum atomic E-state index is -0.566. The third kappa shape index (κ3) is 3.71. The molecule has 0 saturated heterocycles. The second kappa shape index (κ2) is 7.75. The van der Waals surface area contributed by atoms with Crippen LogP contribution in [0, 0.1) is 13.8 Å². The Morgan fingerprint density at radius 3 is 2.73 bits per heavy atom. The Labute approximate surface area is 174 Å². The number of furan rings is 1. The van der Waals surface area contributed by atoms with Crippen molar-refractivity contribution in [2.75, 3.05) is 12.4 Å². The van der Waals surface area contributed by atoms with Crippen LogP contribution in [0.1, 0.15) is 22.4 Å². The highest BCUT2D eigenvalue weighted by Gasteiger charge is 2.18. The molecule has 0 atom stereocenters. The van der Waals surface area contributed by atoms with Gasteiger partial charge >= 0.3 is 11.6 Å². The summed E-state index contributed by atoms with van der Waals surface area (Å²) < 4.78 is 15.5. The molecule has 0 aliphatic carbocycles. The van der Waals surface area contributed by atoms with Crippen molar-refractivity contribution in [2.45, 2.75) is 26.7 Å². The number of anilines is 1. The maximum Gasteiger partial charge on any atom is 0.340 e. The molecule has 0 spiro atoms. The Morgan fingerprint density at radius 1 is 1.17 bits per heavy atom. The van der Waals surface area contributed by atoms with Crippen molar-refractivity contribution in [3.05, 3.63) is 56.6 Å². The zero-order chi connectivity index (χ0) is 21.4. The molecule has 1 N–H and O–H groups in total. The summed E-state index contributed by atoms with van der Waals surface area (Å²) in [5.74, 6) is -0.811. The van der Waals surface area contributed by atoms with E-state index < -0.39 is 17.5 Å². The first-order chi connectivity index (χ1) is 14.4. The number of aryl methyl sites for hydroxylation is 2. The SMILES string of the molecule is COC(=O)Cc1csc(NC(=O)Cc2c(C)c3cc4c(C)coc4cc3oc2=O)n1. The highest BCUT2D eigenvalue weighted by atomic mass is 32.1. The molecule has 154 valence electrons. The van der Waals surface area contributed by atoms with Gasteiger partial charge in [-0.05, 0) is 31.0 Å². The van der Waals surface area contributed by atoms with Crippen LogP contribution in [0.3, 0.4) is 0 Å². The fraction of sp³-hybridized carbons (Fsp3) is 0.238. The average Bonchev–Trinajstić information content (AvgIpc) is 3.30. The second-order valence-electron chi connectivity index (χ2n) is 6.88. The Morgan fingerprint density at radius 2 is 1.97 bits per heavy atom. The Kier molecular flexibility index (Phi) is 5.13. The minimum Gasteiger partial charge on any atom is -0.469 e. The van der Waals surface area contributed by atoms with E-state index in [-0.39, 0.29) is 18.4 Å². The van der Waals surface area contributed by atoms with E-state index in [0.29, 0.717) is 27.6 Å². The van der Waals surface area contributed by atoms with Crippen LogP contribution in [0.4, 0.5) is 5.13 Å². The zero-order valence-corrected chi connectivity index (χ0v) is 17.3. The van der Waals surface area contributed by atoms with Crippen LogP contribution in [-0.2, 0) is 27.2 Å². The molecule has 0 unspecified atom stereocenters. The second-order valence-corrected chi connectivity index (χ2v) is 7.74. The fourth-order valence-corrected chi connectivity index (χ4v) is 3.96. The van der Waals surface area contributed by atoms with Crippen molar-refractivity contribution in [3.63, 3.8) is 0 Å². The maximum atomic E-state index is 12.5. The third-order valence-electron chi connectivity index (χ3n) is 4.86. The fourth-order valence-electron chi connectivity index (χ4n) is 3.23. The van der Waals surface area contributed by atoms with Gasteiger partial charge in [0.25, 0.3) is 0 Å². The number of amides is 1. The maximum absolute atomic E-state index is 12.5. The number of carbonyl (C=O) groups is 2. The quantitative estimate of drug-likeness (QED) is 0.384. The van der Waals surface area contributed by atoms with E-state index in [1.165, 1.54) is 18.4 Å². The third-order valence-corrected chi connectivity index (χ3v) is 5.67. The number of ether oxygens (including phenoxy) is 1. The lowest BCUT2D eigenvalue weighted by Crippen LogP contribution is -2.20. The topological polar surface area (TPSA) is 112 Å². The smallest absolute Gasteiger partial charge is 0.340 e. The standard InChI is InChI=1S/C21H18N2O6S/c1-10-8-28-16-7-17-14(5-13(10)16)11(2)15(20(26)29-17)6-18(24)23-21-22-12(9-30-21)4-19(25)27-3/h5,7-9H,4,6H2,1-3H3,(H,22,23,24). The van der Waals surface area contributed by atoms with Crippen molar-refractivity contribution < 1.29 is 23.2 Å². The first-order valence-corrected chi connectivity index (χ1v) is 9.99. The van der Waals surface area contributed by atoms with Gasteiger partial charge in [0.15, 0.2) is 5.13 Å². The van der Waals surface area contributed by atoms with Crippen LogP contribution in [-0.4, -0.2) is 24.0 Å². The molecular weight excluding hydrogens is 408 g/mol. The van der Waals surface area contributed by atoms with Gasteiger partial charge in [0.05, 0.1) is 37.5 Å². The van der Waals surface area contributed by atoms with E-state index in [0.717, 1.165) is 16.3 Å². The van der Waals surface area contributed by atoms with Crippen molar-refractivity contribution in [1.29, 1.82) is 0 Å². The van der Waals surface area contributed by atoms with Gasteiger partial charge in [-0.3, -0.25) is 9.59 Å². The molecule has 4 rings (SSSR count). The first-order valence-electron chi connectivity index (χ1n) is 9.11. The van der Waals surface area contributed by atoms with Crippen molar-refractivity contribution in [2.24, 2.45) is 0 Å². The lowest BCUT2D eigenvalue weighted by Gasteiger charge is -2.08. The molecule has 4 aromatic rings. The number of benzene rings is 1. The normalized spacial score (nSPS) is 11.2. The summed E-state index contributed by atoms with van der Waals surface area (Å²) in [6, 6.07) is 3.59. The molecular formula is C21H18N2O6S. The van der Waals surface area contributed by atoms with Gasteiger partial charge in [0.2, 0.25) is 5.91 Å². The average molecular weight is 426 g/mol. The monoisotopic (exact) mass is 426 g/mol. The molecule has 3 heterocycles. The number of hydrogen-bond acceptors (Lipinski definition) is 8. The summed E-state index contributed by atoms with van der Waals surface area (Å²) in [6.07, 6.45) is 1.52. The number of aromatic nitrogens is 1. The van der Waals surface area contributed by atoms with E-state index in [1.807, 2.05) is 13.0 Å². The number of rotatable bonds is 5. The lowest BCUT2D eigenvalue weighted by molar-refractivity contribution is -0.139. The van der Waals surface area contributed by atoms with Crippen LogP contribution < -0.4 is 10.9 Å². The number of hydrogen-bond donors (Lipinski definition) is 1. The van der Waals surface area contributed by atoms with E-state index in [2.05, 4.69) is 15.0 Å². The van der Waals surface area contributed by atoms with Crippen LogP contribution in [0.2, 0.25) is 0 Å². The Bertz CT molecular complexity index is 1350. The predicted octanol–water partition coefficient (Wildman–Crippen LogP) is 3.51. The highest BCUT2D eigenvalue weighted by molar-refractivity contribution is 7.13. The summed E-state index contributed by atoms with van der Waals surface area (Å²) in [7, 11) is 1.30. The highest BCUT2D eigenvalue weighted by Crippen LogP contribution is 2.29. The number of thiazole rings is 1. The summed E-state index contributed by atoms with van der Waals surface area (Å²) in [5.41, 5.74) is 2.93. The summed E-state index contributed by atoms with van der Waals surface area (Å²) >= 11 is 1.19. The van der Waals surface area contributed by atoms with Gasteiger partial charge in [-0.2, -0.15) is 0 Å². The summed E-state index contributed by atoms with van der Waals surface area (Å²) in [5, 5.41) is 6.35. The van der Waals surface area contributed by atoms with Gasteiger partial charge in [-0.25, -0.2) is 9.78 Å². The van der Waals surface area contributed by atoms with E-state index >= 15 is 0 Å². The van der Waals surface area contributed by atoms with E-state index in [9.17, 15) is 14.4 Å². The molecule has 0 fully saturated rings. The van der Waals surface area contributed by atoms with Crippen molar-refractivity contribution >= 4 is 50.3 Å². The summed E-state index contributed by atoms with van der Waals surface area (Å²) in [6.45, 7) is 3.73. The zero-order valence-electron chi connectivity index (χ0n) is 16.5. The molecule has 30 heavy (non-hydrogen) atoms. The molecule has 3 aromatic heterocycles. The van der Waals surface area contributed by atoms with Gasteiger partial charge in [0, 0.05) is 22.2 Å². The largest absolute Gasteiger partial charge is 0.469 e. The molecule has 1 aromatic carbocycles. The number of nitrogens with zero attached hydrogens (tertiary/aromatic N) is 1. The number of esters is 1.